The highest BCUT2D eigenvalue weighted by Crippen LogP contribution is 2.21. The van der Waals surface area contributed by atoms with Gasteiger partial charge in [0.1, 0.15) is 23.3 Å². The lowest BCUT2D eigenvalue weighted by molar-refractivity contribution is -0.115. The van der Waals surface area contributed by atoms with Crippen molar-refractivity contribution in [2.45, 2.75) is 20.3 Å². The van der Waals surface area contributed by atoms with Crippen LogP contribution in [0.3, 0.4) is 0 Å². The van der Waals surface area contributed by atoms with Gasteiger partial charge in [-0.1, -0.05) is 35.9 Å². The Hall–Kier alpha value is -4.26. The van der Waals surface area contributed by atoms with Crippen molar-refractivity contribution >= 4 is 34.7 Å². The normalized spacial score (nSPS) is 10.4. The molecule has 4 rings (SSSR count). The number of aromatic nitrogens is 3. The lowest BCUT2D eigenvalue weighted by Crippen LogP contribution is -2.14. The first-order valence-corrected chi connectivity index (χ1v) is 10.3. The van der Waals surface area contributed by atoms with E-state index in [-0.39, 0.29) is 5.91 Å². The van der Waals surface area contributed by atoms with Crippen molar-refractivity contribution in [3.63, 3.8) is 0 Å². The summed E-state index contributed by atoms with van der Waals surface area (Å²) in [6.07, 6.45) is 2.06. The second kappa shape index (κ2) is 9.70. The number of benzene rings is 2. The molecule has 2 aromatic heterocycles. The van der Waals surface area contributed by atoms with Crippen LogP contribution in [0.5, 0.6) is 0 Å². The van der Waals surface area contributed by atoms with Crippen LogP contribution in [0, 0.1) is 13.8 Å². The monoisotopic (exact) mass is 424 g/mol. The van der Waals surface area contributed by atoms with Crippen LogP contribution < -0.4 is 16.0 Å². The van der Waals surface area contributed by atoms with E-state index < -0.39 is 0 Å². The summed E-state index contributed by atoms with van der Waals surface area (Å²) >= 11 is 0. The third kappa shape index (κ3) is 5.89. The zero-order valence-corrected chi connectivity index (χ0v) is 18.0. The van der Waals surface area contributed by atoms with Gasteiger partial charge < -0.3 is 16.0 Å². The second-order valence-corrected chi connectivity index (χ2v) is 7.44. The van der Waals surface area contributed by atoms with E-state index in [1.54, 1.807) is 6.20 Å². The highest BCUT2D eigenvalue weighted by atomic mass is 16.1. The van der Waals surface area contributed by atoms with Gasteiger partial charge in [0.05, 0.1) is 6.42 Å². The van der Waals surface area contributed by atoms with Crippen molar-refractivity contribution < 1.29 is 4.79 Å². The highest BCUT2D eigenvalue weighted by Gasteiger charge is 2.06. The Morgan fingerprint density at radius 2 is 1.53 bits per heavy atom. The maximum atomic E-state index is 12.3. The number of carbonyl (C=O) groups excluding carboxylic acids is 1. The molecule has 7 nitrogen and oxygen atoms in total. The SMILES string of the molecule is Cc1cccc(CC(=O)Nc2ccc(Nc3cc(Nc4ccccn4)nc(C)n3)cc2)c1. The fourth-order valence-electron chi connectivity index (χ4n) is 3.26. The highest BCUT2D eigenvalue weighted by molar-refractivity contribution is 5.92. The van der Waals surface area contributed by atoms with Crippen molar-refractivity contribution in [2.24, 2.45) is 0 Å². The molecule has 0 spiro atoms. The third-order valence-electron chi connectivity index (χ3n) is 4.65. The van der Waals surface area contributed by atoms with Gasteiger partial charge in [0.15, 0.2) is 0 Å². The minimum absolute atomic E-state index is 0.0482. The van der Waals surface area contributed by atoms with Crippen molar-refractivity contribution in [1.29, 1.82) is 0 Å². The Kier molecular flexibility index (Phi) is 6.36. The molecule has 2 aromatic carbocycles. The number of aryl methyl sites for hydroxylation is 2. The van der Waals surface area contributed by atoms with Crippen LogP contribution in [-0.2, 0) is 11.2 Å². The minimum atomic E-state index is -0.0482. The molecule has 160 valence electrons. The number of anilines is 5. The summed E-state index contributed by atoms with van der Waals surface area (Å²) in [5.41, 5.74) is 3.73. The quantitative estimate of drug-likeness (QED) is 0.380. The number of rotatable bonds is 7. The molecule has 0 bridgehead atoms. The first-order chi connectivity index (χ1) is 15.5. The molecular weight excluding hydrogens is 400 g/mol. The summed E-state index contributed by atoms with van der Waals surface area (Å²) in [5, 5.41) is 9.39. The topological polar surface area (TPSA) is 91.8 Å². The van der Waals surface area contributed by atoms with E-state index in [4.69, 9.17) is 0 Å². The molecule has 7 heteroatoms. The third-order valence-corrected chi connectivity index (χ3v) is 4.65. The van der Waals surface area contributed by atoms with Gasteiger partial charge >= 0.3 is 0 Å². The van der Waals surface area contributed by atoms with Crippen LogP contribution >= 0.6 is 0 Å². The standard InChI is InChI=1S/C25H24N6O/c1-17-6-5-7-19(14-17)15-25(32)30-21-11-9-20(10-12-21)29-23-16-24(28-18(2)27-23)31-22-8-3-4-13-26-22/h3-14,16H,15H2,1-2H3,(H,30,32)(H2,26,27,28,29,31). The maximum absolute atomic E-state index is 12.3. The number of hydrogen-bond donors (Lipinski definition) is 3. The number of nitrogens with zero attached hydrogens (tertiary/aromatic N) is 3. The van der Waals surface area contributed by atoms with Crippen molar-refractivity contribution in [3.05, 3.63) is 95.9 Å². The molecule has 0 radical (unpaired) electrons. The molecule has 1 amide bonds. The summed E-state index contributed by atoms with van der Waals surface area (Å²) in [6.45, 7) is 3.85. The molecule has 4 aromatic rings. The van der Waals surface area contributed by atoms with Crippen LogP contribution in [0.15, 0.2) is 79.0 Å². The average molecular weight is 425 g/mol. The van der Waals surface area contributed by atoms with Gasteiger partial charge in [0.2, 0.25) is 5.91 Å². The Labute approximate surface area is 187 Å². The predicted octanol–water partition coefficient (Wildman–Crippen LogP) is 5.16. The molecule has 0 saturated heterocycles. The summed E-state index contributed by atoms with van der Waals surface area (Å²) < 4.78 is 0. The van der Waals surface area contributed by atoms with E-state index in [1.165, 1.54) is 0 Å². The van der Waals surface area contributed by atoms with Gasteiger partial charge in [-0.05, 0) is 55.8 Å². The maximum Gasteiger partial charge on any atom is 0.228 e. The van der Waals surface area contributed by atoms with Gasteiger partial charge in [0.25, 0.3) is 0 Å². The summed E-state index contributed by atoms with van der Waals surface area (Å²) in [5.74, 6) is 2.61. The van der Waals surface area contributed by atoms with Gasteiger partial charge in [-0.3, -0.25) is 4.79 Å². The molecule has 32 heavy (non-hydrogen) atoms. The number of nitrogens with one attached hydrogen (secondary N) is 3. The van der Waals surface area contributed by atoms with Gasteiger partial charge in [-0.15, -0.1) is 0 Å². The number of pyridine rings is 1. The number of carbonyl (C=O) groups is 1. The molecule has 0 fully saturated rings. The van der Waals surface area contributed by atoms with E-state index in [1.807, 2.05) is 86.6 Å². The fraction of sp³-hybridized carbons (Fsp3) is 0.120. The summed E-state index contributed by atoms with van der Waals surface area (Å²) in [6, 6.07) is 22.9. The molecule has 2 heterocycles. The smallest absolute Gasteiger partial charge is 0.228 e. The number of amides is 1. The predicted molar refractivity (Wildman–Crippen MR) is 128 cm³/mol. The zero-order chi connectivity index (χ0) is 22.3. The Morgan fingerprint density at radius 3 is 2.25 bits per heavy atom. The van der Waals surface area contributed by atoms with Crippen LogP contribution in [0.25, 0.3) is 0 Å². The van der Waals surface area contributed by atoms with Crippen molar-refractivity contribution in [3.8, 4) is 0 Å². The molecule has 0 saturated carbocycles. The second-order valence-electron chi connectivity index (χ2n) is 7.44. The van der Waals surface area contributed by atoms with Crippen LogP contribution in [0.1, 0.15) is 17.0 Å². The van der Waals surface area contributed by atoms with E-state index in [0.717, 1.165) is 22.5 Å². The van der Waals surface area contributed by atoms with E-state index in [9.17, 15) is 4.79 Å². The lowest BCUT2D eigenvalue weighted by Gasteiger charge is -2.11. The van der Waals surface area contributed by atoms with Crippen molar-refractivity contribution in [1.82, 2.24) is 15.0 Å². The van der Waals surface area contributed by atoms with E-state index in [0.29, 0.717) is 29.7 Å². The molecule has 0 atom stereocenters. The van der Waals surface area contributed by atoms with Gasteiger partial charge in [-0.2, -0.15) is 0 Å². The Morgan fingerprint density at radius 1 is 0.781 bits per heavy atom. The van der Waals surface area contributed by atoms with E-state index >= 15 is 0 Å². The summed E-state index contributed by atoms with van der Waals surface area (Å²) in [7, 11) is 0. The van der Waals surface area contributed by atoms with Gasteiger partial charge in [-0.25, -0.2) is 15.0 Å². The van der Waals surface area contributed by atoms with Crippen molar-refractivity contribution in [2.75, 3.05) is 16.0 Å². The largest absolute Gasteiger partial charge is 0.340 e. The molecule has 0 aliphatic carbocycles. The van der Waals surface area contributed by atoms with Crippen LogP contribution in [0.2, 0.25) is 0 Å². The number of hydrogen-bond acceptors (Lipinski definition) is 6. The fourth-order valence-corrected chi connectivity index (χ4v) is 3.26. The van der Waals surface area contributed by atoms with Gasteiger partial charge in [0, 0.05) is 23.6 Å². The molecule has 0 aliphatic rings. The minimum Gasteiger partial charge on any atom is -0.340 e. The molecular formula is C25H24N6O. The van der Waals surface area contributed by atoms with E-state index in [2.05, 4.69) is 30.9 Å². The first kappa shape index (κ1) is 21.0. The average Bonchev–Trinajstić information content (AvgIpc) is 2.75. The molecule has 0 aliphatic heterocycles. The first-order valence-electron chi connectivity index (χ1n) is 10.3. The molecule has 0 unspecified atom stereocenters. The zero-order valence-electron chi connectivity index (χ0n) is 18.0. The van der Waals surface area contributed by atoms with Crippen LogP contribution in [0.4, 0.5) is 28.8 Å². The lowest BCUT2D eigenvalue weighted by atomic mass is 10.1. The van der Waals surface area contributed by atoms with Crippen LogP contribution in [-0.4, -0.2) is 20.9 Å². The Balaban J connectivity index is 1.38. The molecule has 3 N–H and O–H groups in total. The Bertz CT molecular complexity index is 1210. The summed E-state index contributed by atoms with van der Waals surface area (Å²) in [4.78, 5) is 25.4.